The summed E-state index contributed by atoms with van der Waals surface area (Å²) in [5.74, 6) is 0. The maximum absolute atomic E-state index is 12.0. The Bertz CT molecular complexity index is 584. The molecule has 2 aromatic heterocycles. The van der Waals surface area contributed by atoms with E-state index in [2.05, 4.69) is 9.97 Å². The van der Waals surface area contributed by atoms with Gasteiger partial charge in [0.1, 0.15) is 12.0 Å². The van der Waals surface area contributed by atoms with Crippen molar-refractivity contribution in [3.05, 3.63) is 35.0 Å². The minimum atomic E-state index is 0.0584. The predicted octanol–water partition coefficient (Wildman–Crippen LogP) is 2.30. The number of pyridine rings is 1. The van der Waals surface area contributed by atoms with Crippen LogP contribution in [-0.4, -0.2) is 14.5 Å². The SMILES string of the molecule is O=c1ccc2cncnc2n1C1CCCCC1. The van der Waals surface area contributed by atoms with Gasteiger partial charge in [0.25, 0.3) is 5.56 Å². The van der Waals surface area contributed by atoms with Gasteiger partial charge in [-0.2, -0.15) is 0 Å². The first-order valence-electron chi connectivity index (χ1n) is 6.17. The van der Waals surface area contributed by atoms with Crippen LogP contribution in [0, 0.1) is 0 Å². The molecule has 1 aliphatic rings. The van der Waals surface area contributed by atoms with Gasteiger partial charge in [0, 0.05) is 23.7 Å². The fourth-order valence-corrected chi connectivity index (χ4v) is 2.69. The van der Waals surface area contributed by atoms with Crippen LogP contribution in [0.5, 0.6) is 0 Å². The van der Waals surface area contributed by atoms with Crippen LogP contribution in [0.1, 0.15) is 38.1 Å². The van der Waals surface area contributed by atoms with Gasteiger partial charge in [-0.15, -0.1) is 0 Å². The molecule has 88 valence electrons. The summed E-state index contributed by atoms with van der Waals surface area (Å²) < 4.78 is 1.86. The molecule has 1 aliphatic carbocycles. The molecule has 17 heavy (non-hydrogen) atoms. The molecular formula is C13H15N3O. The lowest BCUT2D eigenvalue weighted by molar-refractivity contribution is 0.353. The Morgan fingerprint density at radius 2 is 2.00 bits per heavy atom. The minimum Gasteiger partial charge on any atom is -0.290 e. The molecule has 3 rings (SSSR count). The lowest BCUT2D eigenvalue weighted by atomic mass is 9.95. The highest BCUT2D eigenvalue weighted by molar-refractivity contribution is 5.73. The second kappa shape index (κ2) is 4.28. The van der Waals surface area contributed by atoms with Crippen molar-refractivity contribution < 1.29 is 0 Å². The zero-order valence-electron chi connectivity index (χ0n) is 9.67. The molecular weight excluding hydrogens is 214 g/mol. The van der Waals surface area contributed by atoms with E-state index < -0.39 is 0 Å². The molecule has 4 nitrogen and oxygen atoms in total. The third kappa shape index (κ3) is 1.84. The van der Waals surface area contributed by atoms with Crippen LogP contribution in [-0.2, 0) is 0 Å². The van der Waals surface area contributed by atoms with Gasteiger partial charge in [0.15, 0.2) is 0 Å². The number of rotatable bonds is 1. The molecule has 0 radical (unpaired) electrons. The van der Waals surface area contributed by atoms with Crippen molar-refractivity contribution in [1.82, 2.24) is 14.5 Å². The average molecular weight is 229 g/mol. The van der Waals surface area contributed by atoms with E-state index in [0.29, 0.717) is 6.04 Å². The minimum absolute atomic E-state index is 0.0584. The molecule has 2 aromatic rings. The summed E-state index contributed by atoms with van der Waals surface area (Å²) in [6, 6.07) is 3.74. The molecule has 2 heterocycles. The Labute approximate surface area is 99.3 Å². The maximum Gasteiger partial charge on any atom is 0.252 e. The monoisotopic (exact) mass is 229 g/mol. The number of aromatic nitrogens is 3. The molecule has 0 aromatic carbocycles. The average Bonchev–Trinajstić information content (AvgIpc) is 2.39. The third-order valence-electron chi connectivity index (χ3n) is 3.53. The summed E-state index contributed by atoms with van der Waals surface area (Å²) in [4.78, 5) is 20.3. The van der Waals surface area contributed by atoms with E-state index in [1.54, 1.807) is 18.3 Å². The van der Waals surface area contributed by atoms with Crippen molar-refractivity contribution in [2.24, 2.45) is 0 Å². The van der Waals surface area contributed by atoms with E-state index in [-0.39, 0.29) is 5.56 Å². The molecule has 0 amide bonds. The molecule has 1 saturated carbocycles. The second-order valence-electron chi connectivity index (χ2n) is 4.64. The Balaban J connectivity index is 2.19. The van der Waals surface area contributed by atoms with Crippen molar-refractivity contribution >= 4 is 11.0 Å². The largest absolute Gasteiger partial charge is 0.290 e. The Hall–Kier alpha value is -1.71. The first-order valence-corrected chi connectivity index (χ1v) is 6.17. The van der Waals surface area contributed by atoms with E-state index in [1.807, 2.05) is 4.57 Å². The number of hydrogen-bond acceptors (Lipinski definition) is 3. The van der Waals surface area contributed by atoms with Crippen molar-refractivity contribution in [1.29, 1.82) is 0 Å². The Morgan fingerprint density at radius 3 is 2.82 bits per heavy atom. The van der Waals surface area contributed by atoms with E-state index in [1.165, 1.54) is 25.6 Å². The van der Waals surface area contributed by atoms with Gasteiger partial charge in [-0.3, -0.25) is 9.36 Å². The van der Waals surface area contributed by atoms with E-state index in [4.69, 9.17) is 0 Å². The summed E-state index contributed by atoms with van der Waals surface area (Å²) in [6.45, 7) is 0. The van der Waals surface area contributed by atoms with Crippen LogP contribution >= 0.6 is 0 Å². The van der Waals surface area contributed by atoms with Crippen LogP contribution in [0.2, 0.25) is 0 Å². The molecule has 0 saturated heterocycles. The van der Waals surface area contributed by atoms with Crippen molar-refractivity contribution in [3.63, 3.8) is 0 Å². The van der Waals surface area contributed by atoms with E-state index >= 15 is 0 Å². The lowest BCUT2D eigenvalue weighted by Gasteiger charge is -2.24. The van der Waals surface area contributed by atoms with Crippen molar-refractivity contribution in [3.8, 4) is 0 Å². The van der Waals surface area contributed by atoms with Gasteiger partial charge in [0.05, 0.1) is 0 Å². The highest BCUT2D eigenvalue weighted by Gasteiger charge is 2.18. The smallest absolute Gasteiger partial charge is 0.252 e. The Kier molecular flexibility index (Phi) is 2.63. The number of nitrogens with zero attached hydrogens (tertiary/aromatic N) is 3. The summed E-state index contributed by atoms with van der Waals surface area (Å²) >= 11 is 0. The fourth-order valence-electron chi connectivity index (χ4n) is 2.69. The quantitative estimate of drug-likeness (QED) is 0.753. The Morgan fingerprint density at radius 1 is 1.18 bits per heavy atom. The summed E-state index contributed by atoms with van der Waals surface area (Å²) in [6.07, 6.45) is 9.15. The summed E-state index contributed by atoms with van der Waals surface area (Å²) in [5, 5.41) is 0.942. The summed E-state index contributed by atoms with van der Waals surface area (Å²) in [7, 11) is 0. The normalized spacial score (nSPS) is 17.4. The molecule has 1 fully saturated rings. The van der Waals surface area contributed by atoms with Crippen LogP contribution in [0.3, 0.4) is 0 Å². The number of fused-ring (bicyclic) bond motifs is 1. The standard InChI is InChI=1S/C13H15N3O/c17-12-7-6-10-8-14-9-15-13(10)16(12)11-4-2-1-3-5-11/h6-9,11H,1-5H2. The third-order valence-corrected chi connectivity index (χ3v) is 3.53. The van der Waals surface area contributed by atoms with Crippen molar-refractivity contribution in [2.45, 2.75) is 38.1 Å². The van der Waals surface area contributed by atoms with Gasteiger partial charge < -0.3 is 0 Å². The van der Waals surface area contributed by atoms with Crippen LogP contribution in [0.4, 0.5) is 0 Å². The fraction of sp³-hybridized carbons (Fsp3) is 0.462. The first-order chi connectivity index (χ1) is 8.36. The van der Waals surface area contributed by atoms with Gasteiger partial charge in [-0.1, -0.05) is 19.3 Å². The zero-order valence-corrected chi connectivity index (χ0v) is 9.67. The second-order valence-corrected chi connectivity index (χ2v) is 4.64. The zero-order chi connectivity index (χ0) is 11.7. The van der Waals surface area contributed by atoms with E-state index in [9.17, 15) is 4.79 Å². The molecule has 0 aliphatic heterocycles. The summed E-state index contributed by atoms with van der Waals surface area (Å²) in [5.41, 5.74) is 0.836. The van der Waals surface area contributed by atoms with Gasteiger partial charge in [-0.25, -0.2) is 9.97 Å². The topological polar surface area (TPSA) is 47.8 Å². The van der Waals surface area contributed by atoms with Gasteiger partial charge >= 0.3 is 0 Å². The van der Waals surface area contributed by atoms with Crippen molar-refractivity contribution in [2.75, 3.05) is 0 Å². The van der Waals surface area contributed by atoms with Crippen LogP contribution in [0.25, 0.3) is 11.0 Å². The molecule has 0 bridgehead atoms. The van der Waals surface area contributed by atoms with Gasteiger partial charge in [-0.05, 0) is 18.9 Å². The molecule has 0 N–H and O–H groups in total. The molecule has 0 unspecified atom stereocenters. The molecule has 0 spiro atoms. The highest BCUT2D eigenvalue weighted by Crippen LogP contribution is 2.28. The highest BCUT2D eigenvalue weighted by atomic mass is 16.1. The maximum atomic E-state index is 12.0. The van der Waals surface area contributed by atoms with E-state index in [0.717, 1.165) is 23.9 Å². The van der Waals surface area contributed by atoms with Crippen LogP contribution < -0.4 is 5.56 Å². The predicted molar refractivity (Wildman–Crippen MR) is 65.9 cm³/mol. The lowest BCUT2D eigenvalue weighted by Crippen LogP contribution is -2.26. The number of hydrogen-bond donors (Lipinski definition) is 0. The van der Waals surface area contributed by atoms with Crippen LogP contribution in [0.15, 0.2) is 29.5 Å². The molecule has 0 atom stereocenters. The molecule has 4 heteroatoms. The first kappa shape index (κ1) is 10.4. The van der Waals surface area contributed by atoms with Gasteiger partial charge in [0.2, 0.25) is 0 Å².